The molecule has 1 aromatic heterocycles. The molecule has 1 fully saturated rings. The molecule has 0 saturated heterocycles. The molecule has 0 bridgehead atoms. The Morgan fingerprint density at radius 2 is 1.94 bits per heavy atom. The summed E-state index contributed by atoms with van der Waals surface area (Å²) < 4.78 is 0. The quantitative estimate of drug-likeness (QED) is 0.816. The van der Waals surface area contributed by atoms with Gasteiger partial charge in [-0.1, -0.05) is 19.3 Å². The second kappa shape index (κ2) is 5.73. The van der Waals surface area contributed by atoms with Crippen molar-refractivity contribution in [1.82, 2.24) is 4.98 Å². The highest BCUT2D eigenvalue weighted by Gasteiger charge is 2.12. The van der Waals surface area contributed by atoms with Crippen LogP contribution >= 0.6 is 0 Å². The van der Waals surface area contributed by atoms with Gasteiger partial charge >= 0.3 is 0 Å². The number of nitrogens with one attached hydrogen (secondary N) is 2. The van der Waals surface area contributed by atoms with Gasteiger partial charge < -0.3 is 10.6 Å². The molecule has 1 heterocycles. The third kappa shape index (κ3) is 3.12. The maximum atomic E-state index is 4.24. The maximum absolute atomic E-state index is 4.24. The van der Waals surface area contributed by atoms with Gasteiger partial charge in [-0.25, -0.2) is 0 Å². The molecule has 0 aromatic carbocycles. The van der Waals surface area contributed by atoms with Crippen LogP contribution in [0.3, 0.4) is 0 Å². The molecule has 1 aliphatic carbocycles. The van der Waals surface area contributed by atoms with Crippen LogP contribution in [0.1, 0.15) is 39.0 Å². The molecular weight excluding hydrogens is 198 g/mol. The van der Waals surface area contributed by atoms with Gasteiger partial charge in [0.05, 0.1) is 23.8 Å². The molecule has 0 atom stereocenters. The number of aromatic nitrogens is 1. The SMILES string of the molecule is CCNc1cncc(NC2CCCCC2)c1. The van der Waals surface area contributed by atoms with Crippen LogP contribution in [0.2, 0.25) is 0 Å². The van der Waals surface area contributed by atoms with Crippen molar-refractivity contribution in [3.63, 3.8) is 0 Å². The zero-order valence-electron chi connectivity index (χ0n) is 10.00. The molecule has 0 amide bonds. The lowest BCUT2D eigenvalue weighted by atomic mass is 9.95. The number of hydrogen-bond donors (Lipinski definition) is 2. The fourth-order valence-electron chi connectivity index (χ4n) is 2.30. The third-order valence-electron chi connectivity index (χ3n) is 3.10. The summed E-state index contributed by atoms with van der Waals surface area (Å²) in [5, 5.41) is 6.86. The highest BCUT2D eigenvalue weighted by Crippen LogP contribution is 2.22. The van der Waals surface area contributed by atoms with E-state index in [0.717, 1.165) is 17.9 Å². The first-order valence-electron chi connectivity index (χ1n) is 6.34. The molecule has 3 nitrogen and oxygen atoms in total. The topological polar surface area (TPSA) is 37.0 Å². The van der Waals surface area contributed by atoms with Gasteiger partial charge in [0.25, 0.3) is 0 Å². The smallest absolute Gasteiger partial charge is 0.0549 e. The minimum atomic E-state index is 0.646. The average molecular weight is 219 g/mol. The molecule has 0 spiro atoms. The first-order valence-corrected chi connectivity index (χ1v) is 6.34. The van der Waals surface area contributed by atoms with Gasteiger partial charge in [0.1, 0.15) is 0 Å². The summed E-state index contributed by atoms with van der Waals surface area (Å²) in [6, 6.07) is 2.79. The fraction of sp³-hybridized carbons (Fsp3) is 0.615. The van der Waals surface area contributed by atoms with Crippen molar-refractivity contribution in [3.05, 3.63) is 18.5 Å². The van der Waals surface area contributed by atoms with Crippen LogP contribution in [-0.2, 0) is 0 Å². The van der Waals surface area contributed by atoms with Crippen molar-refractivity contribution in [1.29, 1.82) is 0 Å². The van der Waals surface area contributed by atoms with E-state index in [0.29, 0.717) is 6.04 Å². The van der Waals surface area contributed by atoms with Crippen LogP contribution < -0.4 is 10.6 Å². The number of nitrogens with zero attached hydrogens (tertiary/aromatic N) is 1. The molecule has 88 valence electrons. The number of rotatable bonds is 4. The van der Waals surface area contributed by atoms with Crippen molar-refractivity contribution in [3.8, 4) is 0 Å². The lowest BCUT2D eigenvalue weighted by Crippen LogP contribution is -2.22. The second-order valence-electron chi connectivity index (χ2n) is 4.47. The average Bonchev–Trinajstić information content (AvgIpc) is 2.31. The summed E-state index contributed by atoms with van der Waals surface area (Å²) in [6.45, 7) is 3.04. The number of anilines is 2. The van der Waals surface area contributed by atoms with E-state index in [2.05, 4.69) is 28.6 Å². The first-order chi connectivity index (χ1) is 7.88. The third-order valence-corrected chi connectivity index (χ3v) is 3.10. The van der Waals surface area contributed by atoms with Gasteiger partial charge in [0.15, 0.2) is 0 Å². The van der Waals surface area contributed by atoms with Crippen molar-refractivity contribution in [2.24, 2.45) is 0 Å². The van der Waals surface area contributed by atoms with Crippen LogP contribution in [0.4, 0.5) is 11.4 Å². The lowest BCUT2D eigenvalue weighted by Gasteiger charge is -2.23. The predicted octanol–water partition coefficient (Wildman–Crippen LogP) is 3.26. The van der Waals surface area contributed by atoms with Crippen LogP contribution in [0.5, 0.6) is 0 Å². The van der Waals surface area contributed by atoms with Crippen molar-refractivity contribution >= 4 is 11.4 Å². The van der Waals surface area contributed by atoms with Crippen molar-refractivity contribution in [2.45, 2.75) is 45.1 Å². The van der Waals surface area contributed by atoms with Gasteiger partial charge in [-0.2, -0.15) is 0 Å². The van der Waals surface area contributed by atoms with E-state index < -0.39 is 0 Å². The summed E-state index contributed by atoms with van der Waals surface area (Å²) in [5.74, 6) is 0. The van der Waals surface area contributed by atoms with E-state index >= 15 is 0 Å². The molecule has 16 heavy (non-hydrogen) atoms. The Hall–Kier alpha value is -1.25. The number of pyridine rings is 1. The Balaban J connectivity index is 1.94. The zero-order chi connectivity index (χ0) is 11.2. The summed E-state index contributed by atoms with van der Waals surface area (Å²) in [5.41, 5.74) is 2.24. The summed E-state index contributed by atoms with van der Waals surface area (Å²) in [7, 11) is 0. The standard InChI is InChI=1S/C13H21N3/c1-2-15-12-8-13(10-14-9-12)16-11-6-4-3-5-7-11/h8-11,15-16H,2-7H2,1H3. The molecule has 1 saturated carbocycles. The Morgan fingerprint density at radius 3 is 2.69 bits per heavy atom. The second-order valence-corrected chi connectivity index (χ2v) is 4.47. The van der Waals surface area contributed by atoms with Gasteiger partial charge in [-0.05, 0) is 25.8 Å². The largest absolute Gasteiger partial charge is 0.384 e. The molecule has 3 heteroatoms. The van der Waals surface area contributed by atoms with Crippen LogP contribution in [0.25, 0.3) is 0 Å². The van der Waals surface area contributed by atoms with E-state index in [1.807, 2.05) is 12.4 Å². The van der Waals surface area contributed by atoms with Crippen LogP contribution in [0, 0.1) is 0 Å². The van der Waals surface area contributed by atoms with E-state index in [1.165, 1.54) is 32.1 Å². The normalized spacial score (nSPS) is 17.1. The van der Waals surface area contributed by atoms with E-state index in [9.17, 15) is 0 Å². The molecule has 0 radical (unpaired) electrons. The Kier molecular flexibility index (Phi) is 4.03. The molecule has 2 rings (SSSR count). The monoisotopic (exact) mass is 219 g/mol. The molecule has 0 aliphatic heterocycles. The molecule has 1 aliphatic rings. The molecule has 0 unspecified atom stereocenters. The van der Waals surface area contributed by atoms with Gasteiger partial charge in [0.2, 0.25) is 0 Å². The van der Waals surface area contributed by atoms with E-state index in [4.69, 9.17) is 0 Å². The van der Waals surface area contributed by atoms with Crippen molar-refractivity contribution in [2.75, 3.05) is 17.2 Å². The first kappa shape index (κ1) is 11.2. The van der Waals surface area contributed by atoms with Crippen LogP contribution in [-0.4, -0.2) is 17.6 Å². The predicted molar refractivity (Wildman–Crippen MR) is 68.9 cm³/mol. The Morgan fingerprint density at radius 1 is 1.19 bits per heavy atom. The minimum absolute atomic E-state index is 0.646. The summed E-state index contributed by atoms with van der Waals surface area (Å²) >= 11 is 0. The van der Waals surface area contributed by atoms with Gasteiger partial charge in [-0.15, -0.1) is 0 Å². The van der Waals surface area contributed by atoms with Gasteiger partial charge in [0, 0.05) is 12.6 Å². The Labute approximate surface area is 97.7 Å². The number of hydrogen-bond acceptors (Lipinski definition) is 3. The Bertz CT molecular complexity index is 319. The van der Waals surface area contributed by atoms with Crippen LogP contribution in [0.15, 0.2) is 18.5 Å². The van der Waals surface area contributed by atoms with E-state index in [-0.39, 0.29) is 0 Å². The highest BCUT2D eigenvalue weighted by atomic mass is 14.9. The summed E-state index contributed by atoms with van der Waals surface area (Å²) in [4.78, 5) is 4.24. The molecular formula is C13H21N3. The van der Waals surface area contributed by atoms with E-state index in [1.54, 1.807) is 0 Å². The highest BCUT2D eigenvalue weighted by molar-refractivity contribution is 5.54. The van der Waals surface area contributed by atoms with Crippen molar-refractivity contribution < 1.29 is 0 Å². The lowest BCUT2D eigenvalue weighted by molar-refractivity contribution is 0.462. The zero-order valence-corrected chi connectivity index (χ0v) is 10.00. The molecule has 2 N–H and O–H groups in total. The summed E-state index contributed by atoms with van der Waals surface area (Å²) in [6.07, 6.45) is 10.5. The minimum Gasteiger partial charge on any atom is -0.384 e. The fourth-order valence-corrected chi connectivity index (χ4v) is 2.30. The molecule has 1 aromatic rings. The maximum Gasteiger partial charge on any atom is 0.0549 e. The van der Waals surface area contributed by atoms with Gasteiger partial charge in [-0.3, -0.25) is 4.98 Å².